The molecule has 2 heterocycles. The highest BCUT2D eigenvalue weighted by Gasteiger charge is 2.32. The summed E-state index contributed by atoms with van der Waals surface area (Å²) in [6.07, 6.45) is 0.780. The molecular weight excluding hydrogens is 415 g/mol. The number of pyridine rings is 1. The van der Waals surface area contributed by atoms with Gasteiger partial charge in [0.05, 0.1) is 6.67 Å². The molecule has 1 aliphatic carbocycles. The molecule has 1 saturated carbocycles. The second-order valence-corrected chi connectivity index (χ2v) is 7.62. The Morgan fingerprint density at radius 2 is 1.87 bits per heavy atom. The number of alkyl halides is 3. The molecule has 30 heavy (non-hydrogen) atoms. The van der Waals surface area contributed by atoms with Gasteiger partial charge in [0, 0.05) is 36.1 Å². The molecular formula is C20H20F3N5OS. The fraction of sp³-hybridized carbons (Fsp3) is 0.350. The molecule has 6 nitrogen and oxygen atoms in total. The first kappa shape index (κ1) is 20.5. The average molecular weight is 435 g/mol. The van der Waals surface area contributed by atoms with E-state index in [1.807, 2.05) is 17.0 Å². The van der Waals surface area contributed by atoms with Crippen molar-refractivity contribution in [1.82, 2.24) is 24.2 Å². The first-order valence-corrected chi connectivity index (χ1v) is 9.84. The van der Waals surface area contributed by atoms with E-state index in [2.05, 4.69) is 14.3 Å². The van der Waals surface area contributed by atoms with E-state index in [9.17, 15) is 13.2 Å². The van der Waals surface area contributed by atoms with Gasteiger partial charge in [0.15, 0.2) is 10.6 Å². The van der Waals surface area contributed by atoms with Gasteiger partial charge in [-0.15, -0.1) is 13.2 Å². The van der Waals surface area contributed by atoms with Gasteiger partial charge >= 0.3 is 6.36 Å². The van der Waals surface area contributed by atoms with Crippen LogP contribution in [0, 0.1) is 4.77 Å². The van der Waals surface area contributed by atoms with Crippen LogP contribution in [0.2, 0.25) is 0 Å². The Kier molecular flexibility index (Phi) is 5.61. The Labute approximate surface area is 176 Å². The lowest BCUT2D eigenvalue weighted by Gasteiger charge is -2.19. The summed E-state index contributed by atoms with van der Waals surface area (Å²) in [6.45, 7) is 0.575. The summed E-state index contributed by atoms with van der Waals surface area (Å²) < 4.78 is 46.5. The van der Waals surface area contributed by atoms with Crippen molar-refractivity contribution in [1.29, 1.82) is 0 Å². The Hall–Kier alpha value is -2.72. The number of ether oxygens (including phenoxy) is 1. The van der Waals surface area contributed by atoms with Crippen LogP contribution in [0.25, 0.3) is 11.4 Å². The fourth-order valence-corrected chi connectivity index (χ4v) is 3.63. The minimum absolute atomic E-state index is 0.207. The van der Waals surface area contributed by atoms with E-state index in [-0.39, 0.29) is 12.3 Å². The maximum atomic E-state index is 12.7. The van der Waals surface area contributed by atoms with Gasteiger partial charge in [-0.05, 0) is 50.3 Å². The van der Waals surface area contributed by atoms with Gasteiger partial charge in [0.25, 0.3) is 0 Å². The van der Waals surface area contributed by atoms with Gasteiger partial charge < -0.3 is 4.74 Å². The third kappa shape index (κ3) is 4.71. The van der Waals surface area contributed by atoms with Crippen molar-refractivity contribution in [2.24, 2.45) is 0 Å². The number of halogens is 3. The monoisotopic (exact) mass is 435 g/mol. The van der Waals surface area contributed by atoms with Crippen LogP contribution in [0.4, 0.5) is 13.2 Å². The quantitative estimate of drug-likeness (QED) is 0.499. The lowest BCUT2D eigenvalue weighted by molar-refractivity contribution is -0.275. The summed E-state index contributed by atoms with van der Waals surface area (Å²) in [4.78, 5) is 5.89. The van der Waals surface area contributed by atoms with E-state index in [1.165, 1.54) is 12.1 Å². The van der Waals surface area contributed by atoms with Crippen LogP contribution in [0.5, 0.6) is 5.75 Å². The molecule has 2 aromatic heterocycles. The van der Waals surface area contributed by atoms with Gasteiger partial charge in [0.2, 0.25) is 0 Å². The molecule has 1 aromatic carbocycles. The highest BCUT2D eigenvalue weighted by atomic mass is 32.1. The summed E-state index contributed by atoms with van der Waals surface area (Å²) >= 11 is 5.66. The van der Waals surface area contributed by atoms with Crippen molar-refractivity contribution < 1.29 is 17.9 Å². The van der Waals surface area contributed by atoms with Gasteiger partial charge in [0.1, 0.15) is 5.75 Å². The number of para-hydroxylation sites is 1. The summed E-state index contributed by atoms with van der Waals surface area (Å²) in [5.41, 5.74) is 1.35. The third-order valence-corrected chi connectivity index (χ3v) is 5.14. The van der Waals surface area contributed by atoms with E-state index in [4.69, 9.17) is 17.3 Å². The molecule has 0 radical (unpaired) electrons. The van der Waals surface area contributed by atoms with Crippen molar-refractivity contribution in [2.75, 3.05) is 7.05 Å². The lowest BCUT2D eigenvalue weighted by Crippen LogP contribution is -2.24. The highest BCUT2D eigenvalue weighted by molar-refractivity contribution is 7.71. The highest BCUT2D eigenvalue weighted by Crippen LogP contribution is 2.38. The number of hydrogen-bond acceptors (Lipinski definition) is 5. The Morgan fingerprint density at radius 3 is 2.53 bits per heavy atom. The topological polar surface area (TPSA) is 48.1 Å². The van der Waals surface area contributed by atoms with Crippen molar-refractivity contribution in [3.63, 3.8) is 0 Å². The minimum atomic E-state index is -4.74. The molecule has 0 aliphatic heterocycles. The largest absolute Gasteiger partial charge is 0.573 e. The Balaban J connectivity index is 1.56. The number of benzene rings is 1. The molecule has 0 N–H and O–H groups in total. The van der Waals surface area contributed by atoms with Crippen LogP contribution >= 0.6 is 12.2 Å². The fourth-order valence-electron chi connectivity index (χ4n) is 3.30. The van der Waals surface area contributed by atoms with Crippen molar-refractivity contribution in [3.8, 4) is 17.1 Å². The van der Waals surface area contributed by atoms with Crippen LogP contribution in [-0.4, -0.2) is 37.6 Å². The van der Waals surface area contributed by atoms with Crippen LogP contribution in [0.1, 0.15) is 24.4 Å². The van der Waals surface area contributed by atoms with E-state index < -0.39 is 6.36 Å². The lowest BCUT2D eigenvalue weighted by atomic mass is 10.2. The van der Waals surface area contributed by atoms with Crippen LogP contribution in [0.15, 0.2) is 48.8 Å². The summed E-state index contributed by atoms with van der Waals surface area (Å²) in [5.74, 6) is 0.570. The molecule has 0 saturated heterocycles. The smallest absolute Gasteiger partial charge is 0.405 e. The molecule has 1 aliphatic rings. The average Bonchev–Trinajstić information content (AvgIpc) is 3.48. The molecule has 0 amide bonds. The zero-order valence-electron chi connectivity index (χ0n) is 16.2. The predicted molar refractivity (Wildman–Crippen MR) is 107 cm³/mol. The van der Waals surface area contributed by atoms with E-state index in [1.54, 1.807) is 36.3 Å². The minimum Gasteiger partial charge on any atom is -0.405 e. The van der Waals surface area contributed by atoms with E-state index in [0.717, 1.165) is 24.2 Å². The number of nitrogens with zero attached hydrogens (tertiary/aromatic N) is 5. The Morgan fingerprint density at radius 1 is 1.17 bits per heavy atom. The maximum Gasteiger partial charge on any atom is 0.573 e. The van der Waals surface area contributed by atoms with Crippen molar-refractivity contribution in [3.05, 3.63) is 59.1 Å². The van der Waals surface area contributed by atoms with Crippen molar-refractivity contribution in [2.45, 2.75) is 38.5 Å². The summed E-state index contributed by atoms with van der Waals surface area (Å²) in [5, 5.41) is 4.70. The molecule has 10 heteroatoms. The first-order chi connectivity index (χ1) is 14.3. The van der Waals surface area contributed by atoms with Gasteiger partial charge in [-0.25, -0.2) is 4.68 Å². The van der Waals surface area contributed by atoms with Gasteiger partial charge in [-0.3, -0.25) is 14.5 Å². The van der Waals surface area contributed by atoms with Crippen LogP contribution < -0.4 is 4.74 Å². The predicted octanol–water partition coefficient (Wildman–Crippen LogP) is 4.80. The molecule has 0 atom stereocenters. The molecule has 0 unspecified atom stereocenters. The normalized spacial score (nSPS) is 14.3. The molecule has 0 bridgehead atoms. The molecule has 0 spiro atoms. The Bertz CT molecular complexity index is 1080. The zero-order chi connectivity index (χ0) is 21.3. The van der Waals surface area contributed by atoms with E-state index in [0.29, 0.717) is 23.0 Å². The second kappa shape index (κ2) is 8.19. The van der Waals surface area contributed by atoms with Crippen LogP contribution in [0.3, 0.4) is 0 Å². The number of hydrogen-bond donors (Lipinski definition) is 0. The molecule has 1 fully saturated rings. The number of rotatable bonds is 7. The van der Waals surface area contributed by atoms with Gasteiger partial charge in [-0.2, -0.15) is 5.10 Å². The van der Waals surface area contributed by atoms with Gasteiger partial charge in [-0.1, -0.05) is 18.2 Å². The zero-order valence-corrected chi connectivity index (χ0v) is 17.0. The third-order valence-electron chi connectivity index (χ3n) is 4.73. The maximum absolute atomic E-state index is 12.7. The number of aromatic nitrogens is 4. The van der Waals surface area contributed by atoms with E-state index >= 15 is 0 Å². The standard InChI is InChI=1S/C20H20F3N5OS/c1-26(12-15-4-2-3-5-17(15)29-20(21,22)23)13-27-19(30)28(16-6-7-16)18(25-27)14-8-10-24-11-9-14/h2-5,8-11,16H,6-7,12-13H2,1H3. The molecule has 3 aromatic rings. The second-order valence-electron chi connectivity index (χ2n) is 7.25. The first-order valence-electron chi connectivity index (χ1n) is 9.44. The molecule has 4 rings (SSSR count). The van der Waals surface area contributed by atoms with Crippen LogP contribution in [-0.2, 0) is 13.2 Å². The summed E-state index contributed by atoms with van der Waals surface area (Å²) in [7, 11) is 1.80. The summed E-state index contributed by atoms with van der Waals surface area (Å²) in [6, 6.07) is 10.2. The van der Waals surface area contributed by atoms with Crippen molar-refractivity contribution >= 4 is 12.2 Å². The SMILES string of the molecule is CN(Cc1ccccc1OC(F)(F)F)Cn1nc(-c2ccncc2)n(C2CC2)c1=S. The molecule has 158 valence electrons.